The maximum atomic E-state index is 5.26. The molecular formula is C8H12O2. The third-order valence-corrected chi connectivity index (χ3v) is 1.31. The van der Waals surface area contributed by atoms with Crippen molar-refractivity contribution in [2.75, 3.05) is 13.2 Å². The van der Waals surface area contributed by atoms with Crippen LogP contribution in [0, 0.1) is 0 Å². The van der Waals surface area contributed by atoms with Gasteiger partial charge in [0, 0.05) is 0 Å². The third kappa shape index (κ3) is 1.53. The van der Waals surface area contributed by atoms with E-state index in [-0.39, 0.29) is 0 Å². The molecule has 0 aromatic heterocycles. The second-order valence-electron chi connectivity index (χ2n) is 2.07. The van der Waals surface area contributed by atoms with Gasteiger partial charge in [-0.2, -0.15) is 0 Å². The molecule has 1 aliphatic heterocycles. The van der Waals surface area contributed by atoms with Crippen LogP contribution in [0.15, 0.2) is 23.7 Å². The van der Waals surface area contributed by atoms with Crippen molar-refractivity contribution in [1.29, 1.82) is 0 Å². The number of ether oxygens (including phenoxy) is 2. The topological polar surface area (TPSA) is 18.5 Å². The standard InChI is InChI=1S/C8H12O2/c1-3-9-8-5-4-6-10-7(8)2/h4-5H,3,6H2,1-2H3. The first-order valence-corrected chi connectivity index (χ1v) is 3.47. The molecule has 1 heterocycles. The second-order valence-corrected chi connectivity index (χ2v) is 2.07. The molecule has 1 rings (SSSR count). The molecule has 0 aromatic rings. The van der Waals surface area contributed by atoms with E-state index in [0.717, 1.165) is 11.5 Å². The lowest BCUT2D eigenvalue weighted by Gasteiger charge is -2.13. The van der Waals surface area contributed by atoms with Gasteiger partial charge in [0.1, 0.15) is 12.4 Å². The first-order chi connectivity index (χ1) is 4.84. The van der Waals surface area contributed by atoms with Crippen molar-refractivity contribution in [2.45, 2.75) is 13.8 Å². The Bertz CT molecular complexity index is 168. The molecule has 0 bridgehead atoms. The van der Waals surface area contributed by atoms with Gasteiger partial charge >= 0.3 is 0 Å². The first-order valence-electron chi connectivity index (χ1n) is 3.47. The molecule has 0 aromatic carbocycles. The normalized spacial score (nSPS) is 17.0. The Morgan fingerprint density at radius 1 is 1.70 bits per heavy atom. The largest absolute Gasteiger partial charge is 0.490 e. The predicted octanol–water partition coefficient (Wildman–Crippen LogP) is 1.84. The average Bonchev–Trinajstić information content (AvgIpc) is 1.94. The summed E-state index contributed by atoms with van der Waals surface area (Å²) in [6.07, 6.45) is 3.89. The van der Waals surface area contributed by atoms with Gasteiger partial charge in [0.05, 0.1) is 6.61 Å². The van der Waals surface area contributed by atoms with Crippen LogP contribution in [-0.2, 0) is 9.47 Å². The van der Waals surface area contributed by atoms with Crippen molar-refractivity contribution in [1.82, 2.24) is 0 Å². The molecule has 2 nitrogen and oxygen atoms in total. The van der Waals surface area contributed by atoms with Crippen LogP contribution < -0.4 is 0 Å². The number of allylic oxidation sites excluding steroid dienone is 2. The summed E-state index contributed by atoms with van der Waals surface area (Å²) in [7, 11) is 0. The predicted molar refractivity (Wildman–Crippen MR) is 39.4 cm³/mol. The second kappa shape index (κ2) is 3.30. The van der Waals surface area contributed by atoms with Crippen LogP contribution >= 0.6 is 0 Å². The zero-order valence-corrected chi connectivity index (χ0v) is 6.39. The molecule has 0 saturated heterocycles. The fourth-order valence-electron chi connectivity index (χ4n) is 0.822. The van der Waals surface area contributed by atoms with Crippen LogP contribution in [0.3, 0.4) is 0 Å². The van der Waals surface area contributed by atoms with Crippen molar-refractivity contribution >= 4 is 0 Å². The number of hydrogen-bond acceptors (Lipinski definition) is 2. The van der Waals surface area contributed by atoms with Crippen LogP contribution in [0.1, 0.15) is 13.8 Å². The van der Waals surface area contributed by atoms with Gasteiger partial charge < -0.3 is 9.47 Å². The number of hydrogen-bond donors (Lipinski definition) is 0. The van der Waals surface area contributed by atoms with E-state index in [4.69, 9.17) is 9.47 Å². The summed E-state index contributed by atoms with van der Waals surface area (Å²) in [5, 5.41) is 0. The first kappa shape index (κ1) is 7.19. The fourth-order valence-corrected chi connectivity index (χ4v) is 0.822. The smallest absolute Gasteiger partial charge is 0.156 e. The van der Waals surface area contributed by atoms with Crippen LogP contribution in [0.2, 0.25) is 0 Å². The highest BCUT2D eigenvalue weighted by molar-refractivity contribution is 5.18. The Morgan fingerprint density at radius 3 is 3.10 bits per heavy atom. The van der Waals surface area contributed by atoms with Gasteiger partial charge in [-0.15, -0.1) is 0 Å². The lowest BCUT2D eigenvalue weighted by atomic mass is 10.3. The van der Waals surface area contributed by atoms with E-state index >= 15 is 0 Å². The van der Waals surface area contributed by atoms with Gasteiger partial charge in [0.25, 0.3) is 0 Å². The minimum Gasteiger partial charge on any atom is -0.490 e. The molecule has 56 valence electrons. The molecule has 10 heavy (non-hydrogen) atoms. The Kier molecular flexibility index (Phi) is 2.37. The number of rotatable bonds is 2. The Hall–Kier alpha value is -0.920. The molecule has 0 atom stereocenters. The zero-order valence-electron chi connectivity index (χ0n) is 6.39. The van der Waals surface area contributed by atoms with Gasteiger partial charge in [-0.1, -0.05) is 0 Å². The summed E-state index contributed by atoms with van der Waals surface area (Å²) in [5.74, 6) is 1.73. The maximum Gasteiger partial charge on any atom is 0.156 e. The highest BCUT2D eigenvalue weighted by Gasteiger charge is 2.03. The average molecular weight is 140 g/mol. The van der Waals surface area contributed by atoms with Crippen LogP contribution in [0.25, 0.3) is 0 Å². The molecule has 0 fully saturated rings. The summed E-state index contributed by atoms with van der Waals surface area (Å²) in [6.45, 7) is 5.24. The van der Waals surface area contributed by atoms with E-state index in [0.29, 0.717) is 13.2 Å². The SMILES string of the molecule is CCOC1=C(C)OCC=C1. The van der Waals surface area contributed by atoms with E-state index in [1.54, 1.807) is 0 Å². The van der Waals surface area contributed by atoms with Crippen molar-refractivity contribution in [3.05, 3.63) is 23.7 Å². The molecule has 0 radical (unpaired) electrons. The zero-order chi connectivity index (χ0) is 7.40. The highest BCUT2D eigenvalue weighted by atomic mass is 16.5. The molecule has 0 N–H and O–H groups in total. The van der Waals surface area contributed by atoms with E-state index in [2.05, 4.69) is 0 Å². The maximum absolute atomic E-state index is 5.26. The summed E-state index contributed by atoms with van der Waals surface area (Å²) in [6, 6.07) is 0. The molecular weight excluding hydrogens is 128 g/mol. The highest BCUT2D eigenvalue weighted by Crippen LogP contribution is 2.12. The Labute approximate surface area is 61.1 Å². The third-order valence-electron chi connectivity index (χ3n) is 1.31. The minimum atomic E-state index is 0.669. The molecule has 0 spiro atoms. The molecule has 0 saturated carbocycles. The molecule has 0 amide bonds. The summed E-state index contributed by atoms with van der Waals surface area (Å²) < 4.78 is 10.5. The van der Waals surface area contributed by atoms with Gasteiger partial charge in [0.2, 0.25) is 0 Å². The van der Waals surface area contributed by atoms with Crippen LogP contribution in [0.5, 0.6) is 0 Å². The molecule has 0 unspecified atom stereocenters. The lowest BCUT2D eigenvalue weighted by molar-refractivity contribution is 0.176. The van der Waals surface area contributed by atoms with Crippen molar-refractivity contribution in [3.8, 4) is 0 Å². The Morgan fingerprint density at radius 2 is 2.50 bits per heavy atom. The van der Waals surface area contributed by atoms with E-state index in [1.807, 2.05) is 26.0 Å². The van der Waals surface area contributed by atoms with Crippen molar-refractivity contribution in [2.24, 2.45) is 0 Å². The minimum absolute atomic E-state index is 0.669. The summed E-state index contributed by atoms with van der Waals surface area (Å²) >= 11 is 0. The molecule has 0 aliphatic carbocycles. The summed E-state index contributed by atoms with van der Waals surface area (Å²) in [4.78, 5) is 0. The van der Waals surface area contributed by atoms with E-state index in [1.165, 1.54) is 0 Å². The van der Waals surface area contributed by atoms with Crippen LogP contribution in [-0.4, -0.2) is 13.2 Å². The van der Waals surface area contributed by atoms with Gasteiger partial charge in [-0.05, 0) is 26.0 Å². The van der Waals surface area contributed by atoms with E-state index in [9.17, 15) is 0 Å². The van der Waals surface area contributed by atoms with Gasteiger partial charge in [0.15, 0.2) is 5.76 Å². The fraction of sp³-hybridized carbons (Fsp3) is 0.500. The van der Waals surface area contributed by atoms with Gasteiger partial charge in [-0.25, -0.2) is 0 Å². The Balaban J connectivity index is 2.60. The monoisotopic (exact) mass is 140 g/mol. The molecule has 2 heteroatoms. The van der Waals surface area contributed by atoms with Crippen molar-refractivity contribution in [3.63, 3.8) is 0 Å². The van der Waals surface area contributed by atoms with Gasteiger partial charge in [-0.3, -0.25) is 0 Å². The lowest BCUT2D eigenvalue weighted by Crippen LogP contribution is -2.01. The molecule has 1 aliphatic rings. The van der Waals surface area contributed by atoms with Crippen molar-refractivity contribution < 1.29 is 9.47 Å². The van der Waals surface area contributed by atoms with E-state index < -0.39 is 0 Å². The van der Waals surface area contributed by atoms with Crippen LogP contribution in [0.4, 0.5) is 0 Å². The quantitative estimate of drug-likeness (QED) is 0.582. The summed E-state index contributed by atoms with van der Waals surface area (Å²) in [5.41, 5.74) is 0.